The zero-order chi connectivity index (χ0) is 26.8. The minimum atomic E-state index is -0.628. The number of carbonyl (C=O) groups is 2. The molecule has 188 valence electrons. The van der Waals surface area contributed by atoms with Gasteiger partial charge in [-0.3, -0.25) is 14.5 Å². The van der Waals surface area contributed by atoms with Crippen molar-refractivity contribution in [1.82, 2.24) is 9.97 Å². The molecule has 1 fully saturated rings. The number of hydrogen-bond donors (Lipinski definition) is 3. The van der Waals surface area contributed by atoms with Gasteiger partial charge in [0.2, 0.25) is 11.8 Å². The minimum absolute atomic E-state index is 0.00682. The number of hydrogen-bond acceptors (Lipinski definition) is 7. The van der Waals surface area contributed by atoms with E-state index in [2.05, 4.69) is 25.8 Å². The predicted molar refractivity (Wildman–Crippen MR) is 154 cm³/mol. The van der Waals surface area contributed by atoms with Crippen molar-refractivity contribution in [2.24, 2.45) is 5.10 Å². The number of imidazole rings is 1. The number of nitrogens with one attached hydrogen (secondary N) is 3. The predicted octanol–water partition coefficient (Wildman–Crippen LogP) is 5.60. The first-order chi connectivity index (χ1) is 19.1. The van der Waals surface area contributed by atoms with Crippen LogP contribution >= 0.6 is 11.8 Å². The minimum Gasteiger partial charge on any atom is -0.323 e. The van der Waals surface area contributed by atoms with Crippen molar-refractivity contribution in [2.45, 2.75) is 0 Å². The second-order valence-corrected chi connectivity index (χ2v) is 9.44. The zero-order valence-corrected chi connectivity index (χ0v) is 21.1. The number of benzene rings is 4. The largest absolute Gasteiger partial charge is 0.323 e. The summed E-state index contributed by atoms with van der Waals surface area (Å²) in [5.41, 5.74) is 5.29. The van der Waals surface area contributed by atoms with Crippen LogP contribution in [0.25, 0.3) is 21.8 Å². The first-order valence-corrected chi connectivity index (χ1v) is 12.7. The van der Waals surface area contributed by atoms with E-state index in [1.54, 1.807) is 30.3 Å². The number of fused-ring (bicyclic) bond motifs is 2. The number of aromatic nitrogens is 2. The van der Waals surface area contributed by atoms with Crippen LogP contribution in [0.1, 0.15) is 0 Å². The van der Waals surface area contributed by atoms with Gasteiger partial charge in [-0.25, -0.2) is 10.4 Å². The van der Waals surface area contributed by atoms with Crippen LogP contribution in [0.4, 0.5) is 17.3 Å². The van der Waals surface area contributed by atoms with E-state index >= 15 is 0 Å². The number of nitriles is 1. The topological polar surface area (TPSA) is 126 Å². The third-order valence-electron chi connectivity index (χ3n) is 6.05. The van der Waals surface area contributed by atoms with Crippen LogP contribution in [0.5, 0.6) is 0 Å². The third kappa shape index (κ3) is 4.58. The van der Waals surface area contributed by atoms with Crippen LogP contribution in [0.15, 0.2) is 113 Å². The van der Waals surface area contributed by atoms with Crippen molar-refractivity contribution in [3.05, 3.63) is 108 Å². The number of carbonyl (C=O) groups excluding carboxylic acids is 2. The summed E-state index contributed by atoms with van der Waals surface area (Å²) in [4.78, 5) is 35.6. The van der Waals surface area contributed by atoms with E-state index < -0.39 is 11.0 Å². The summed E-state index contributed by atoms with van der Waals surface area (Å²) in [6.07, 6.45) is 0. The third-order valence-corrected chi connectivity index (χ3v) is 7.00. The molecule has 0 saturated carbocycles. The molecular formula is C29H19N7O2S. The van der Waals surface area contributed by atoms with Gasteiger partial charge in [0.05, 0.1) is 11.0 Å². The van der Waals surface area contributed by atoms with Gasteiger partial charge in [-0.05, 0) is 47.5 Å². The van der Waals surface area contributed by atoms with E-state index in [1.165, 1.54) is 4.90 Å². The molecule has 0 spiro atoms. The lowest BCUT2D eigenvalue weighted by Gasteiger charge is -2.19. The number of thioether (sulfide) groups is 1. The molecule has 4 aromatic carbocycles. The molecule has 39 heavy (non-hydrogen) atoms. The van der Waals surface area contributed by atoms with Gasteiger partial charge in [-0.2, -0.15) is 5.26 Å². The average Bonchev–Trinajstić information content (AvgIpc) is 3.53. The number of rotatable bonds is 5. The Morgan fingerprint density at radius 2 is 1.69 bits per heavy atom. The highest BCUT2D eigenvalue weighted by Crippen LogP contribution is 2.38. The van der Waals surface area contributed by atoms with Gasteiger partial charge in [-0.15, -0.1) is 5.10 Å². The quantitative estimate of drug-likeness (QED) is 0.154. The van der Waals surface area contributed by atoms with Crippen molar-refractivity contribution >= 4 is 67.7 Å². The molecule has 1 aliphatic rings. The SMILES string of the molecule is N#C/C(C(=O)Nc1cccc2ccccc12)=C1\SC(=O)/C(=N\Nc2nc3ccccc3[nH]2)N1c1ccccc1. The Balaban J connectivity index is 1.39. The van der Waals surface area contributed by atoms with E-state index in [4.69, 9.17) is 0 Å². The molecule has 1 amide bonds. The van der Waals surface area contributed by atoms with Gasteiger partial charge in [0.15, 0.2) is 0 Å². The van der Waals surface area contributed by atoms with E-state index in [0.29, 0.717) is 17.3 Å². The summed E-state index contributed by atoms with van der Waals surface area (Å²) in [7, 11) is 0. The fourth-order valence-electron chi connectivity index (χ4n) is 4.27. The summed E-state index contributed by atoms with van der Waals surface area (Å²) in [6, 6.07) is 31.6. The molecule has 0 aliphatic carbocycles. The maximum atomic E-state index is 13.4. The van der Waals surface area contributed by atoms with Crippen molar-refractivity contribution < 1.29 is 9.59 Å². The van der Waals surface area contributed by atoms with E-state index in [9.17, 15) is 14.9 Å². The number of aromatic amines is 1. The van der Waals surface area contributed by atoms with Crippen LogP contribution in [-0.2, 0) is 9.59 Å². The summed E-state index contributed by atoms with van der Waals surface area (Å²) < 4.78 is 0. The van der Waals surface area contributed by atoms with Crippen LogP contribution in [0.2, 0.25) is 0 Å². The highest BCUT2D eigenvalue weighted by molar-refractivity contribution is 8.19. The fraction of sp³-hybridized carbons (Fsp3) is 0. The van der Waals surface area contributed by atoms with Crippen LogP contribution < -0.4 is 15.6 Å². The number of para-hydroxylation sites is 3. The molecule has 1 saturated heterocycles. The molecule has 0 atom stereocenters. The molecule has 6 rings (SSSR count). The molecule has 0 bridgehead atoms. The summed E-state index contributed by atoms with van der Waals surface area (Å²) in [5, 5.41) is 18.8. The Labute approximate surface area is 226 Å². The average molecular weight is 530 g/mol. The fourth-order valence-corrected chi connectivity index (χ4v) is 5.20. The van der Waals surface area contributed by atoms with Crippen molar-refractivity contribution in [3.8, 4) is 6.07 Å². The van der Waals surface area contributed by atoms with E-state index in [-0.39, 0.29) is 16.4 Å². The lowest BCUT2D eigenvalue weighted by Crippen LogP contribution is -2.29. The van der Waals surface area contributed by atoms with Crippen LogP contribution in [-0.4, -0.2) is 26.8 Å². The Morgan fingerprint density at radius 1 is 0.949 bits per heavy atom. The summed E-state index contributed by atoms with van der Waals surface area (Å²) >= 11 is 0.774. The molecule has 2 heterocycles. The van der Waals surface area contributed by atoms with Crippen molar-refractivity contribution in [3.63, 3.8) is 0 Å². The van der Waals surface area contributed by atoms with E-state index in [1.807, 2.05) is 72.8 Å². The first kappa shape index (κ1) is 24.0. The molecule has 5 aromatic rings. The van der Waals surface area contributed by atoms with Gasteiger partial charge in [0.1, 0.15) is 16.7 Å². The highest BCUT2D eigenvalue weighted by atomic mass is 32.2. The molecule has 10 heteroatoms. The van der Waals surface area contributed by atoms with Gasteiger partial charge in [0.25, 0.3) is 11.0 Å². The van der Waals surface area contributed by atoms with Gasteiger partial charge in [-0.1, -0.05) is 66.7 Å². The van der Waals surface area contributed by atoms with Crippen LogP contribution in [0, 0.1) is 11.3 Å². The normalized spacial score (nSPS) is 15.5. The second-order valence-electron chi connectivity index (χ2n) is 8.48. The highest BCUT2D eigenvalue weighted by Gasteiger charge is 2.38. The number of amides is 1. The van der Waals surface area contributed by atoms with Gasteiger partial charge in [0, 0.05) is 16.8 Å². The monoisotopic (exact) mass is 529 g/mol. The molecule has 9 nitrogen and oxygen atoms in total. The standard InChI is InChI=1S/C29H19N7O2S/c30-17-21(26(37)31-22-16-8-10-18-9-4-5-13-20(18)22)27-36(19-11-2-1-3-12-19)25(28(38)39-27)34-35-29-32-23-14-6-7-15-24(23)33-29/h1-16H,(H,31,37)(H2,32,33,35)/b27-21+,34-25+. The Kier molecular flexibility index (Phi) is 6.24. The van der Waals surface area contributed by atoms with E-state index in [0.717, 1.165) is 33.6 Å². The first-order valence-electron chi connectivity index (χ1n) is 11.9. The number of H-pyrrole nitrogens is 1. The Bertz CT molecular complexity index is 1820. The smallest absolute Gasteiger partial charge is 0.269 e. The lowest BCUT2D eigenvalue weighted by molar-refractivity contribution is -0.112. The maximum Gasteiger partial charge on any atom is 0.269 e. The maximum absolute atomic E-state index is 13.4. The van der Waals surface area contributed by atoms with Crippen LogP contribution in [0.3, 0.4) is 0 Å². The lowest BCUT2D eigenvalue weighted by atomic mass is 10.1. The molecule has 0 unspecified atom stereocenters. The summed E-state index contributed by atoms with van der Waals surface area (Å²) in [6.45, 7) is 0. The number of anilines is 3. The molecule has 1 aliphatic heterocycles. The van der Waals surface area contributed by atoms with Gasteiger partial charge >= 0.3 is 0 Å². The number of amidine groups is 1. The number of nitrogens with zero attached hydrogens (tertiary/aromatic N) is 4. The Hall–Kier alpha value is -5.40. The van der Waals surface area contributed by atoms with Crippen molar-refractivity contribution in [2.75, 3.05) is 15.6 Å². The Morgan fingerprint density at radius 3 is 2.51 bits per heavy atom. The van der Waals surface area contributed by atoms with Crippen molar-refractivity contribution in [1.29, 1.82) is 5.26 Å². The molecule has 0 radical (unpaired) electrons. The molecule has 1 aromatic heterocycles. The zero-order valence-electron chi connectivity index (χ0n) is 20.3. The summed E-state index contributed by atoms with van der Waals surface area (Å²) in [5.74, 6) is -0.273. The number of hydrazone groups is 1. The second kappa shape index (κ2) is 10.2. The molecule has 3 N–H and O–H groups in total. The van der Waals surface area contributed by atoms with Gasteiger partial charge < -0.3 is 10.3 Å². The molecular weight excluding hydrogens is 510 g/mol.